The number of nitrogens with zero attached hydrogens (tertiary/aromatic N) is 2. The molecule has 1 atom stereocenters. The number of hydrogen-bond acceptors (Lipinski definition) is 4. The van der Waals surface area contributed by atoms with E-state index < -0.39 is 17.9 Å². The van der Waals surface area contributed by atoms with Crippen molar-refractivity contribution in [2.75, 3.05) is 39.3 Å². The second-order valence-electron chi connectivity index (χ2n) is 5.34. The van der Waals surface area contributed by atoms with Crippen LogP contribution in [0, 0.1) is 5.92 Å². The van der Waals surface area contributed by atoms with Crippen molar-refractivity contribution in [3.05, 3.63) is 0 Å². The molecule has 0 spiro atoms. The van der Waals surface area contributed by atoms with E-state index in [2.05, 4.69) is 19.2 Å². The van der Waals surface area contributed by atoms with E-state index in [4.69, 9.17) is 0 Å². The normalized spacial score (nSPS) is 18.4. The van der Waals surface area contributed by atoms with Gasteiger partial charge in [0.1, 0.15) is 0 Å². The molecule has 2 amide bonds. The summed E-state index contributed by atoms with van der Waals surface area (Å²) in [5.74, 6) is -0.449. The average Bonchev–Trinajstić information content (AvgIpc) is 2.35. The van der Waals surface area contributed by atoms with Gasteiger partial charge in [-0.25, -0.2) is 0 Å². The molecule has 6 heteroatoms. The Kier molecular flexibility index (Phi) is 6.24. The SMILES string of the molecule is CCN1CCN(CC(O)CNCC(C)C)C(=O)C1=O. The highest BCUT2D eigenvalue weighted by molar-refractivity contribution is 6.35. The first-order valence-corrected chi connectivity index (χ1v) is 6.92. The highest BCUT2D eigenvalue weighted by Crippen LogP contribution is 2.05. The smallest absolute Gasteiger partial charge is 0.312 e. The highest BCUT2D eigenvalue weighted by Gasteiger charge is 2.32. The van der Waals surface area contributed by atoms with Gasteiger partial charge in [0.25, 0.3) is 0 Å². The lowest BCUT2D eigenvalue weighted by Gasteiger charge is -2.34. The van der Waals surface area contributed by atoms with E-state index in [0.29, 0.717) is 32.1 Å². The zero-order valence-corrected chi connectivity index (χ0v) is 12.1. The number of likely N-dealkylation sites (N-methyl/N-ethyl adjacent to an activating group) is 1. The first kappa shape index (κ1) is 15.9. The van der Waals surface area contributed by atoms with Crippen LogP contribution in [0.1, 0.15) is 20.8 Å². The number of carbonyl (C=O) groups excluding carboxylic acids is 2. The van der Waals surface area contributed by atoms with E-state index >= 15 is 0 Å². The van der Waals surface area contributed by atoms with Crippen LogP contribution in [-0.4, -0.2) is 72.1 Å². The Balaban J connectivity index is 2.36. The molecule has 1 heterocycles. The summed E-state index contributed by atoms with van der Waals surface area (Å²) in [5.41, 5.74) is 0. The van der Waals surface area contributed by atoms with Gasteiger partial charge in [-0.15, -0.1) is 0 Å². The van der Waals surface area contributed by atoms with Crippen LogP contribution in [0.25, 0.3) is 0 Å². The molecule has 1 unspecified atom stereocenters. The molecule has 19 heavy (non-hydrogen) atoms. The Bertz CT molecular complexity index is 320. The zero-order chi connectivity index (χ0) is 14.4. The van der Waals surface area contributed by atoms with E-state index in [1.807, 2.05) is 6.92 Å². The molecule has 1 aliphatic heterocycles. The molecule has 0 radical (unpaired) electrons. The van der Waals surface area contributed by atoms with Crippen LogP contribution in [-0.2, 0) is 9.59 Å². The summed E-state index contributed by atoms with van der Waals surface area (Å²) in [6.45, 7) is 9.11. The molecular weight excluding hydrogens is 246 g/mol. The molecule has 0 aromatic rings. The minimum Gasteiger partial charge on any atom is -0.390 e. The van der Waals surface area contributed by atoms with Crippen molar-refractivity contribution in [2.45, 2.75) is 26.9 Å². The minimum atomic E-state index is -0.635. The Hall–Kier alpha value is -1.14. The summed E-state index contributed by atoms with van der Waals surface area (Å²) in [7, 11) is 0. The van der Waals surface area contributed by atoms with Crippen molar-refractivity contribution < 1.29 is 14.7 Å². The molecule has 0 aliphatic carbocycles. The quantitative estimate of drug-likeness (QED) is 0.600. The number of aliphatic hydroxyl groups excluding tert-OH is 1. The fourth-order valence-electron chi connectivity index (χ4n) is 2.05. The third kappa shape index (κ3) is 4.80. The van der Waals surface area contributed by atoms with Crippen molar-refractivity contribution in [2.24, 2.45) is 5.92 Å². The maximum absolute atomic E-state index is 11.8. The van der Waals surface area contributed by atoms with Gasteiger partial charge in [0.05, 0.1) is 6.10 Å². The lowest BCUT2D eigenvalue weighted by Crippen LogP contribution is -2.56. The predicted octanol–water partition coefficient (Wildman–Crippen LogP) is -0.716. The second-order valence-corrected chi connectivity index (χ2v) is 5.34. The lowest BCUT2D eigenvalue weighted by atomic mass is 10.2. The first-order valence-electron chi connectivity index (χ1n) is 6.92. The fourth-order valence-corrected chi connectivity index (χ4v) is 2.05. The van der Waals surface area contributed by atoms with E-state index in [1.54, 1.807) is 0 Å². The van der Waals surface area contributed by atoms with Crippen LogP contribution in [0.4, 0.5) is 0 Å². The third-order valence-corrected chi connectivity index (χ3v) is 3.14. The van der Waals surface area contributed by atoms with Crippen LogP contribution in [0.5, 0.6) is 0 Å². The zero-order valence-electron chi connectivity index (χ0n) is 12.1. The van der Waals surface area contributed by atoms with Gasteiger partial charge in [-0.05, 0) is 19.4 Å². The van der Waals surface area contributed by atoms with E-state index in [-0.39, 0.29) is 6.54 Å². The first-order chi connectivity index (χ1) is 8.95. The van der Waals surface area contributed by atoms with Crippen molar-refractivity contribution in [3.8, 4) is 0 Å². The molecule has 1 fully saturated rings. The van der Waals surface area contributed by atoms with Crippen molar-refractivity contribution in [3.63, 3.8) is 0 Å². The standard InChI is InChI=1S/C13H25N3O3/c1-4-15-5-6-16(13(19)12(15)18)9-11(17)8-14-7-10(2)3/h10-11,14,17H,4-9H2,1-3H3. The fraction of sp³-hybridized carbons (Fsp3) is 0.846. The monoisotopic (exact) mass is 271 g/mol. The number of hydrogen-bond donors (Lipinski definition) is 2. The van der Waals surface area contributed by atoms with Gasteiger partial charge in [0.15, 0.2) is 0 Å². The number of rotatable bonds is 7. The Morgan fingerprint density at radius 2 is 1.74 bits per heavy atom. The Morgan fingerprint density at radius 1 is 1.16 bits per heavy atom. The molecule has 110 valence electrons. The summed E-state index contributed by atoms with van der Waals surface area (Å²) in [5, 5.41) is 13.0. The Labute approximate surface area is 114 Å². The molecule has 0 bridgehead atoms. The van der Waals surface area contributed by atoms with Crippen LogP contribution < -0.4 is 5.32 Å². The summed E-state index contributed by atoms with van der Waals surface area (Å²) >= 11 is 0. The van der Waals surface area contributed by atoms with Gasteiger partial charge in [-0.1, -0.05) is 13.8 Å². The largest absolute Gasteiger partial charge is 0.390 e. The van der Waals surface area contributed by atoms with E-state index in [1.165, 1.54) is 9.80 Å². The number of carbonyl (C=O) groups is 2. The van der Waals surface area contributed by atoms with Crippen LogP contribution >= 0.6 is 0 Å². The van der Waals surface area contributed by atoms with Crippen LogP contribution in [0.3, 0.4) is 0 Å². The minimum absolute atomic E-state index is 0.215. The summed E-state index contributed by atoms with van der Waals surface area (Å²) in [4.78, 5) is 26.5. The van der Waals surface area contributed by atoms with Crippen LogP contribution in [0.15, 0.2) is 0 Å². The van der Waals surface area contributed by atoms with Gasteiger partial charge in [-0.3, -0.25) is 9.59 Å². The number of aliphatic hydroxyl groups is 1. The maximum Gasteiger partial charge on any atom is 0.312 e. The molecule has 1 aliphatic rings. The maximum atomic E-state index is 11.8. The molecule has 6 nitrogen and oxygen atoms in total. The number of nitrogens with one attached hydrogen (secondary N) is 1. The summed E-state index contributed by atoms with van der Waals surface area (Å²) in [6.07, 6.45) is -0.635. The molecule has 0 aromatic heterocycles. The molecule has 2 N–H and O–H groups in total. The second kappa shape index (κ2) is 7.45. The van der Waals surface area contributed by atoms with Crippen LogP contribution in [0.2, 0.25) is 0 Å². The predicted molar refractivity (Wildman–Crippen MR) is 72.5 cm³/mol. The molecular formula is C13H25N3O3. The van der Waals surface area contributed by atoms with Crippen molar-refractivity contribution in [1.29, 1.82) is 0 Å². The summed E-state index contributed by atoms with van der Waals surface area (Å²) in [6, 6.07) is 0. The number of β-amino-alcohol motifs (C(OH)–C–C–N with tert-alkyl or cyclic N) is 1. The van der Waals surface area contributed by atoms with E-state index in [0.717, 1.165) is 6.54 Å². The average molecular weight is 271 g/mol. The topological polar surface area (TPSA) is 72.9 Å². The molecule has 0 saturated carbocycles. The van der Waals surface area contributed by atoms with Gasteiger partial charge >= 0.3 is 11.8 Å². The Morgan fingerprint density at radius 3 is 2.32 bits per heavy atom. The number of piperazine rings is 1. The molecule has 1 rings (SSSR count). The molecule has 1 saturated heterocycles. The van der Waals surface area contributed by atoms with Crippen molar-refractivity contribution in [1.82, 2.24) is 15.1 Å². The molecule has 0 aromatic carbocycles. The number of amides is 2. The third-order valence-electron chi connectivity index (χ3n) is 3.14. The summed E-state index contributed by atoms with van der Waals surface area (Å²) < 4.78 is 0. The van der Waals surface area contributed by atoms with Gasteiger partial charge in [-0.2, -0.15) is 0 Å². The van der Waals surface area contributed by atoms with Gasteiger partial charge in [0.2, 0.25) is 0 Å². The van der Waals surface area contributed by atoms with Gasteiger partial charge < -0.3 is 20.2 Å². The van der Waals surface area contributed by atoms with Gasteiger partial charge in [0, 0.05) is 32.7 Å². The van der Waals surface area contributed by atoms with E-state index in [9.17, 15) is 14.7 Å². The lowest BCUT2D eigenvalue weighted by molar-refractivity contribution is -0.156. The van der Waals surface area contributed by atoms with Crippen molar-refractivity contribution >= 4 is 11.8 Å². The highest BCUT2D eigenvalue weighted by atomic mass is 16.3.